The minimum absolute atomic E-state index is 0.0166. The van der Waals surface area contributed by atoms with Gasteiger partial charge in [-0.1, -0.05) is 0 Å². The molecule has 4 nitrogen and oxygen atoms in total. The molecule has 0 saturated carbocycles. The van der Waals surface area contributed by atoms with Crippen LogP contribution in [0.1, 0.15) is 16.2 Å². The highest BCUT2D eigenvalue weighted by Gasteiger charge is 2.25. The summed E-state index contributed by atoms with van der Waals surface area (Å²) in [6.07, 6.45) is 2.55. The molecule has 1 saturated heterocycles. The molecule has 70 valence electrons. The lowest BCUT2D eigenvalue weighted by Gasteiger charge is -2.13. The average molecular weight is 197 g/mol. The quantitative estimate of drug-likeness (QED) is 0.705. The van der Waals surface area contributed by atoms with E-state index < -0.39 is 0 Å². The monoisotopic (exact) mass is 197 g/mol. The standard InChI is InChI=1S/C8H11N3OS/c9-6-1-3-11(5-6)8(12)7-10-2-4-13-7/h2,4,6H,1,3,5,9H2. The molecule has 5 heteroatoms. The molecular weight excluding hydrogens is 186 g/mol. The van der Waals surface area contributed by atoms with Crippen LogP contribution < -0.4 is 5.73 Å². The Hall–Kier alpha value is -0.940. The van der Waals surface area contributed by atoms with Gasteiger partial charge in [0.2, 0.25) is 0 Å². The van der Waals surface area contributed by atoms with Gasteiger partial charge in [-0.2, -0.15) is 0 Å². The summed E-state index contributed by atoms with van der Waals surface area (Å²) in [6.45, 7) is 1.43. The molecule has 2 rings (SSSR count). The number of nitrogens with two attached hydrogens (primary N) is 1. The molecule has 0 aromatic carbocycles. The van der Waals surface area contributed by atoms with E-state index in [2.05, 4.69) is 4.98 Å². The second-order valence-electron chi connectivity index (χ2n) is 3.14. The van der Waals surface area contributed by atoms with Crippen molar-refractivity contribution in [3.63, 3.8) is 0 Å². The van der Waals surface area contributed by atoms with E-state index >= 15 is 0 Å². The zero-order valence-electron chi connectivity index (χ0n) is 7.14. The number of carbonyl (C=O) groups is 1. The van der Waals surface area contributed by atoms with Gasteiger partial charge in [0.1, 0.15) is 0 Å². The molecule has 1 fully saturated rings. The van der Waals surface area contributed by atoms with Crippen LogP contribution in [0.5, 0.6) is 0 Å². The number of nitrogens with zero attached hydrogens (tertiary/aromatic N) is 2. The molecule has 0 bridgehead atoms. The lowest BCUT2D eigenvalue weighted by molar-refractivity contribution is 0.0790. The maximum Gasteiger partial charge on any atom is 0.282 e. The van der Waals surface area contributed by atoms with Crippen LogP contribution in [0, 0.1) is 0 Å². The molecule has 1 amide bonds. The number of hydrogen-bond donors (Lipinski definition) is 1. The summed E-state index contributed by atoms with van der Waals surface area (Å²) in [6, 6.07) is 0.143. The molecule has 1 aliphatic rings. The molecule has 1 unspecified atom stereocenters. The van der Waals surface area contributed by atoms with Gasteiger partial charge in [0.05, 0.1) is 0 Å². The largest absolute Gasteiger partial charge is 0.335 e. The first-order valence-electron chi connectivity index (χ1n) is 4.21. The SMILES string of the molecule is NC1CCN(C(=O)c2nccs2)C1. The van der Waals surface area contributed by atoms with Crippen LogP contribution in [0.2, 0.25) is 0 Å². The Morgan fingerprint density at radius 2 is 2.62 bits per heavy atom. The van der Waals surface area contributed by atoms with Crippen molar-refractivity contribution in [2.45, 2.75) is 12.5 Å². The Kier molecular flexibility index (Phi) is 2.28. The maximum absolute atomic E-state index is 11.7. The van der Waals surface area contributed by atoms with Crippen LogP contribution in [0.3, 0.4) is 0 Å². The van der Waals surface area contributed by atoms with E-state index in [0.717, 1.165) is 13.0 Å². The Bertz CT molecular complexity index is 298. The average Bonchev–Trinajstić information content (AvgIpc) is 2.72. The highest BCUT2D eigenvalue weighted by atomic mass is 32.1. The molecule has 0 spiro atoms. The van der Waals surface area contributed by atoms with E-state index in [1.165, 1.54) is 11.3 Å². The summed E-state index contributed by atoms with van der Waals surface area (Å²) in [7, 11) is 0. The molecule has 2 heterocycles. The van der Waals surface area contributed by atoms with E-state index in [0.29, 0.717) is 11.6 Å². The van der Waals surface area contributed by atoms with Gasteiger partial charge in [-0.05, 0) is 6.42 Å². The summed E-state index contributed by atoms with van der Waals surface area (Å²) in [5, 5.41) is 2.37. The van der Waals surface area contributed by atoms with Crippen molar-refractivity contribution in [1.82, 2.24) is 9.88 Å². The lowest BCUT2D eigenvalue weighted by atomic mass is 10.3. The minimum Gasteiger partial charge on any atom is -0.335 e. The first-order valence-corrected chi connectivity index (χ1v) is 5.09. The number of amides is 1. The van der Waals surface area contributed by atoms with E-state index in [4.69, 9.17) is 5.73 Å². The summed E-state index contributed by atoms with van der Waals surface area (Å²) >= 11 is 1.38. The van der Waals surface area contributed by atoms with Gasteiger partial charge < -0.3 is 10.6 Å². The van der Waals surface area contributed by atoms with E-state index in [1.807, 2.05) is 5.38 Å². The number of likely N-dealkylation sites (tertiary alicyclic amines) is 1. The zero-order valence-corrected chi connectivity index (χ0v) is 7.96. The van der Waals surface area contributed by atoms with Crippen LogP contribution in [0.4, 0.5) is 0 Å². The molecule has 0 aliphatic carbocycles. The number of hydrogen-bond acceptors (Lipinski definition) is 4. The fraction of sp³-hybridized carbons (Fsp3) is 0.500. The summed E-state index contributed by atoms with van der Waals surface area (Å²) < 4.78 is 0. The Balaban J connectivity index is 2.06. The van der Waals surface area contributed by atoms with Gasteiger partial charge in [-0.3, -0.25) is 4.79 Å². The molecule has 1 aromatic heterocycles. The number of aromatic nitrogens is 1. The first kappa shape index (κ1) is 8.65. The van der Waals surface area contributed by atoms with Crippen LogP contribution in [-0.2, 0) is 0 Å². The van der Waals surface area contributed by atoms with Crippen molar-refractivity contribution >= 4 is 17.2 Å². The fourth-order valence-electron chi connectivity index (χ4n) is 1.44. The topological polar surface area (TPSA) is 59.2 Å². The fourth-order valence-corrected chi connectivity index (χ4v) is 2.04. The van der Waals surface area contributed by atoms with Crippen molar-refractivity contribution in [1.29, 1.82) is 0 Å². The van der Waals surface area contributed by atoms with Crippen molar-refractivity contribution in [3.8, 4) is 0 Å². The van der Waals surface area contributed by atoms with E-state index in [-0.39, 0.29) is 11.9 Å². The second-order valence-corrected chi connectivity index (χ2v) is 4.03. The second kappa shape index (κ2) is 3.43. The van der Waals surface area contributed by atoms with E-state index in [9.17, 15) is 4.79 Å². The minimum atomic E-state index is 0.0166. The molecule has 1 atom stereocenters. The van der Waals surface area contributed by atoms with Gasteiger partial charge in [0, 0.05) is 30.7 Å². The number of thiazole rings is 1. The number of rotatable bonds is 1. The van der Waals surface area contributed by atoms with Gasteiger partial charge in [0.15, 0.2) is 5.01 Å². The normalized spacial score (nSPS) is 22.2. The molecule has 1 aliphatic heterocycles. The lowest BCUT2D eigenvalue weighted by Crippen LogP contribution is -2.31. The highest BCUT2D eigenvalue weighted by molar-refractivity contribution is 7.11. The predicted octanol–water partition coefficient (Wildman–Crippen LogP) is 0.316. The van der Waals surface area contributed by atoms with Crippen LogP contribution in [0.15, 0.2) is 11.6 Å². The third-order valence-corrected chi connectivity index (χ3v) is 2.89. The number of carbonyl (C=O) groups excluding carboxylic acids is 1. The Labute approximate surface area is 80.4 Å². The first-order chi connectivity index (χ1) is 6.27. The molecule has 0 radical (unpaired) electrons. The van der Waals surface area contributed by atoms with Crippen molar-refractivity contribution in [2.75, 3.05) is 13.1 Å². The summed E-state index contributed by atoms with van der Waals surface area (Å²) in [5.74, 6) is 0.0166. The Morgan fingerprint density at radius 1 is 1.77 bits per heavy atom. The molecule has 1 aromatic rings. The summed E-state index contributed by atoms with van der Waals surface area (Å²) in [5.41, 5.74) is 5.71. The van der Waals surface area contributed by atoms with Crippen molar-refractivity contribution in [3.05, 3.63) is 16.6 Å². The van der Waals surface area contributed by atoms with Crippen molar-refractivity contribution < 1.29 is 4.79 Å². The van der Waals surface area contributed by atoms with Gasteiger partial charge in [0.25, 0.3) is 5.91 Å². The predicted molar refractivity (Wildman–Crippen MR) is 50.6 cm³/mol. The smallest absolute Gasteiger partial charge is 0.282 e. The highest BCUT2D eigenvalue weighted by Crippen LogP contribution is 2.13. The van der Waals surface area contributed by atoms with Gasteiger partial charge in [-0.15, -0.1) is 11.3 Å². The molecular formula is C8H11N3OS. The third kappa shape index (κ3) is 1.71. The maximum atomic E-state index is 11.7. The molecule has 13 heavy (non-hydrogen) atoms. The van der Waals surface area contributed by atoms with Gasteiger partial charge in [-0.25, -0.2) is 4.98 Å². The zero-order chi connectivity index (χ0) is 9.26. The van der Waals surface area contributed by atoms with E-state index in [1.54, 1.807) is 11.1 Å². The van der Waals surface area contributed by atoms with Crippen LogP contribution >= 0.6 is 11.3 Å². The van der Waals surface area contributed by atoms with Crippen LogP contribution in [-0.4, -0.2) is 34.9 Å². The molecule has 2 N–H and O–H groups in total. The third-order valence-electron chi connectivity index (χ3n) is 2.13. The summed E-state index contributed by atoms with van der Waals surface area (Å²) in [4.78, 5) is 17.4. The van der Waals surface area contributed by atoms with Crippen molar-refractivity contribution in [2.24, 2.45) is 5.73 Å². The van der Waals surface area contributed by atoms with Gasteiger partial charge >= 0.3 is 0 Å². The Morgan fingerprint density at radius 3 is 3.15 bits per heavy atom. The van der Waals surface area contributed by atoms with Crippen LogP contribution in [0.25, 0.3) is 0 Å².